The number of nitrogens with two attached hydrogens (primary N) is 1. The minimum absolute atomic E-state index is 0.0756. The molecular weight excluding hydrogens is 210 g/mol. The number of hydrogen-bond acceptors (Lipinski definition) is 5. The van der Waals surface area contributed by atoms with Gasteiger partial charge in [-0.05, 0) is 13.5 Å². The second kappa shape index (κ2) is 7.97. The lowest BCUT2D eigenvalue weighted by atomic mass is 10.3. The molecule has 2 atom stereocenters. The number of ether oxygens (including phenoxy) is 4. The molecule has 0 saturated carbocycles. The second-order valence-electron chi connectivity index (χ2n) is 3.80. The third kappa shape index (κ3) is 6.40. The van der Waals surface area contributed by atoms with Crippen LogP contribution >= 0.6 is 0 Å². The van der Waals surface area contributed by atoms with Gasteiger partial charge in [0, 0.05) is 0 Å². The molecule has 0 spiro atoms. The van der Waals surface area contributed by atoms with Crippen molar-refractivity contribution >= 4 is 0 Å². The van der Waals surface area contributed by atoms with E-state index in [1.54, 1.807) is 0 Å². The number of epoxide rings is 2. The van der Waals surface area contributed by atoms with Crippen molar-refractivity contribution in [1.82, 2.24) is 0 Å². The molecule has 5 nitrogen and oxygen atoms in total. The fourth-order valence-electron chi connectivity index (χ4n) is 1.21. The molecule has 2 fully saturated rings. The minimum atomic E-state index is -0.0756. The Morgan fingerprint density at radius 1 is 1.12 bits per heavy atom. The van der Waals surface area contributed by atoms with Gasteiger partial charge in [0.1, 0.15) is 12.2 Å². The topological polar surface area (TPSA) is 69.5 Å². The zero-order chi connectivity index (χ0) is 11.8. The first-order valence-corrected chi connectivity index (χ1v) is 5.92. The maximum Gasteiger partial charge on any atom is 0.157 e. The first-order valence-electron chi connectivity index (χ1n) is 5.92. The fourth-order valence-corrected chi connectivity index (χ4v) is 1.21. The second-order valence-corrected chi connectivity index (χ2v) is 3.80. The molecule has 2 saturated heterocycles. The van der Waals surface area contributed by atoms with Crippen molar-refractivity contribution in [3.8, 4) is 0 Å². The molecule has 2 aliphatic heterocycles. The molecule has 0 bridgehead atoms. The monoisotopic (exact) mass is 233 g/mol. The summed E-state index contributed by atoms with van der Waals surface area (Å²) in [6.45, 7) is 5.13. The summed E-state index contributed by atoms with van der Waals surface area (Å²) >= 11 is 0. The van der Waals surface area contributed by atoms with Crippen molar-refractivity contribution in [2.24, 2.45) is 5.73 Å². The van der Waals surface area contributed by atoms with Gasteiger partial charge in [-0.25, -0.2) is 0 Å². The molecule has 0 radical (unpaired) electrons. The maximum atomic E-state index is 5.58. The Morgan fingerprint density at radius 2 is 1.56 bits per heavy atom. The molecule has 0 aromatic heterocycles. The third-order valence-electron chi connectivity index (χ3n) is 2.27. The molecule has 0 aromatic rings. The largest absolute Gasteiger partial charge is 0.371 e. The molecule has 5 heteroatoms. The zero-order valence-electron chi connectivity index (χ0n) is 10.2. The van der Waals surface area contributed by atoms with Crippen LogP contribution in [0.3, 0.4) is 0 Å². The van der Waals surface area contributed by atoms with Crippen molar-refractivity contribution in [3.63, 3.8) is 0 Å². The van der Waals surface area contributed by atoms with Crippen LogP contribution in [0.2, 0.25) is 0 Å². The Kier molecular flexibility index (Phi) is 6.91. The van der Waals surface area contributed by atoms with Crippen molar-refractivity contribution in [2.75, 3.05) is 33.5 Å². The van der Waals surface area contributed by atoms with Gasteiger partial charge in [-0.15, -0.1) is 0 Å². The van der Waals surface area contributed by atoms with Crippen LogP contribution < -0.4 is 5.73 Å². The van der Waals surface area contributed by atoms with Gasteiger partial charge in [-0.2, -0.15) is 0 Å². The Bertz CT molecular complexity index is 155. The van der Waals surface area contributed by atoms with Crippen LogP contribution in [0, 0.1) is 0 Å². The summed E-state index contributed by atoms with van der Waals surface area (Å²) in [4.78, 5) is 0. The molecule has 2 heterocycles. The normalized spacial score (nSPS) is 27.9. The lowest BCUT2D eigenvalue weighted by molar-refractivity contribution is -0.150. The first kappa shape index (κ1) is 13.9. The van der Waals surface area contributed by atoms with Gasteiger partial charge in [0.2, 0.25) is 0 Å². The van der Waals surface area contributed by atoms with E-state index < -0.39 is 0 Å². The lowest BCUT2D eigenvalue weighted by Crippen LogP contribution is -2.21. The van der Waals surface area contributed by atoms with Crippen molar-refractivity contribution in [3.05, 3.63) is 0 Å². The van der Waals surface area contributed by atoms with Crippen LogP contribution in [-0.4, -0.2) is 52.0 Å². The lowest BCUT2D eigenvalue weighted by Gasteiger charge is -2.16. The number of hydrogen-bond donors (Lipinski definition) is 1. The van der Waals surface area contributed by atoms with E-state index in [0.29, 0.717) is 25.4 Å². The molecular formula is C11H23NO4. The van der Waals surface area contributed by atoms with Crippen LogP contribution in [0.1, 0.15) is 19.8 Å². The summed E-state index contributed by atoms with van der Waals surface area (Å²) in [7, 11) is 1.50. The fraction of sp³-hybridized carbons (Fsp3) is 1.00. The van der Waals surface area contributed by atoms with Gasteiger partial charge in [-0.3, -0.25) is 0 Å². The number of rotatable bonds is 8. The van der Waals surface area contributed by atoms with Gasteiger partial charge in [0.25, 0.3) is 0 Å². The Labute approximate surface area is 97.2 Å². The van der Waals surface area contributed by atoms with Gasteiger partial charge < -0.3 is 24.7 Å². The highest BCUT2D eigenvalue weighted by molar-refractivity contribution is 4.69. The van der Waals surface area contributed by atoms with Crippen LogP contribution in [0.5, 0.6) is 0 Å². The molecule has 2 N–H and O–H groups in total. The summed E-state index contributed by atoms with van der Waals surface area (Å²) in [5.41, 5.74) is 4.50. The van der Waals surface area contributed by atoms with Crippen LogP contribution in [0.25, 0.3) is 0 Å². The van der Waals surface area contributed by atoms with Crippen LogP contribution in [0.15, 0.2) is 0 Å². The Balaban J connectivity index is 0.000000606. The van der Waals surface area contributed by atoms with E-state index in [1.165, 1.54) is 7.05 Å². The quantitative estimate of drug-likeness (QED) is 0.489. The van der Waals surface area contributed by atoms with E-state index in [9.17, 15) is 0 Å². The maximum absolute atomic E-state index is 5.58. The van der Waals surface area contributed by atoms with Crippen LogP contribution in [-0.2, 0) is 18.9 Å². The van der Waals surface area contributed by atoms with E-state index in [0.717, 1.165) is 26.1 Å². The minimum Gasteiger partial charge on any atom is -0.371 e. The highest BCUT2D eigenvalue weighted by atomic mass is 16.7. The highest BCUT2D eigenvalue weighted by Crippen LogP contribution is 2.15. The Morgan fingerprint density at radius 3 is 1.88 bits per heavy atom. The van der Waals surface area contributed by atoms with E-state index in [1.807, 2.05) is 0 Å². The SMILES string of the molecule is CCCC(OCC1CO1)OCC1CO1.CN. The predicted molar refractivity (Wildman–Crippen MR) is 60.2 cm³/mol. The third-order valence-corrected chi connectivity index (χ3v) is 2.27. The summed E-state index contributed by atoms with van der Waals surface area (Å²) in [6.07, 6.45) is 2.57. The molecule has 2 unspecified atom stereocenters. The van der Waals surface area contributed by atoms with E-state index in [4.69, 9.17) is 18.9 Å². The van der Waals surface area contributed by atoms with E-state index >= 15 is 0 Å². The average molecular weight is 233 g/mol. The summed E-state index contributed by atoms with van der Waals surface area (Å²) in [5, 5.41) is 0. The molecule has 0 aromatic carbocycles. The van der Waals surface area contributed by atoms with Gasteiger partial charge in [0.05, 0.1) is 26.4 Å². The van der Waals surface area contributed by atoms with Gasteiger partial charge >= 0.3 is 0 Å². The van der Waals surface area contributed by atoms with E-state index in [-0.39, 0.29) is 6.29 Å². The summed E-state index contributed by atoms with van der Waals surface area (Å²) in [5.74, 6) is 0. The predicted octanol–water partition coefficient (Wildman–Crippen LogP) is 0.518. The molecule has 96 valence electrons. The van der Waals surface area contributed by atoms with Crippen LogP contribution in [0.4, 0.5) is 0 Å². The molecule has 16 heavy (non-hydrogen) atoms. The van der Waals surface area contributed by atoms with E-state index in [2.05, 4.69) is 12.7 Å². The summed E-state index contributed by atoms with van der Waals surface area (Å²) in [6, 6.07) is 0. The first-order chi connectivity index (χ1) is 7.88. The van der Waals surface area contributed by atoms with Gasteiger partial charge in [0.15, 0.2) is 6.29 Å². The smallest absolute Gasteiger partial charge is 0.157 e. The summed E-state index contributed by atoms with van der Waals surface area (Å²) < 4.78 is 21.3. The standard InChI is InChI=1S/C10H18O4.CH5N/c1-2-3-10(13-6-8-4-11-8)14-7-9-5-12-9;1-2/h8-10H,2-7H2,1H3;2H2,1H3. The van der Waals surface area contributed by atoms with Gasteiger partial charge in [-0.1, -0.05) is 13.3 Å². The zero-order valence-corrected chi connectivity index (χ0v) is 10.2. The molecule has 0 amide bonds. The molecule has 2 aliphatic rings. The van der Waals surface area contributed by atoms with Crippen molar-refractivity contribution < 1.29 is 18.9 Å². The molecule has 0 aliphatic carbocycles. The highest BCUT2D eigenvalue weighted by Gasteiger charge is 2.27. The molecule has 2 rings (SSSR count). The average Bonchev–Trinajstić information content (AvgIpc) is 3.19. The van der Waals surface area contributed by atoms with Crippen molar-refractivity contribution in [1.29, 1.82) is 0 Å². The Hall–Kier alpha value is -0.200. The van der Waals surface area contributed by atoms with Crippen molar-refractivity contribution in [2.45, 2.75) is 38.3 Å².